The number of halogens is 1. The van der Waals surface area contributed by atoms with E-state index in [1.165, 1.54) is 48.0 Å². The van der Waals surface area contributed by atoms with Crippen molar-refractivity contribution in [3.8, 4) is 0 Å². The van der Waals surface area contributed by atoms with Crippen molar-refractivity contribution < 1.29 is 4.39 Å². The topological polar surface area (TPSA) is 12.0 Å². The third-order valence-electron chi connectivity index (χ3n) is 6.83. The van der Waals surface area contributed by atoms with Crippen LogP contribution in [0.4, 0.5) is 4.39 Å². The second kappa shape index (κ2) is 15.9. The lowest BCUT2D eigenvalue weighted by Crippen LogP contribution is -2.18. The van der Waals surface area contributed by atoms with E-state index in [1.807, 2.05) is 32.1 Å². The first-order valence-corrected chi connectivity index (χ1v) is 13.9. The second-order valence-electron chi connectivity index (χ2n) is 9.85. The van der Waals surface area contributed by atoms with Crippen molar-refractivity contribution in [3.63, 3.8) is 0 Å². The van der Waals surface area contributed by atoms with Gasteiger partial charge in [0.1, 0.15) is 5.82 Å². The van der Waals surface area contributed by atoms with Gasteiger partial charge < -0.3 is 5.32 Å². The number of benzene rings is 2. The molecule has 0 bridgehead atoms. The van der Waals surface area contributed by atoms with Crippen molar-refractivity contribution in [2.45, 2.75) is 85.6 Å². The fourth-order valence-corrected chi connectivity index (χ4v) is 4.65. The summed E-state index contributed by atoms with van der Waals surface area (Å²) in [5.74, 6) is -0.197. The quantitative estimate of drug-likeness (QED) is 0.190. The van der Waals surface area contributed by atoms with Gasteiger partial charge in [0.2, 0.25) is 0 Å². The Morgan fingerprint density at radius 1 is 0.919 bits per heavy atom. The van der Waals surface area contributed by atoms with Gasteiger partial charge in [-0.25, -0.2) is 4.39 Å². The molecule has 2 aromatic rings. The van der Waals surface area contributed by atoms with Gasteiger partial charge in [-0.2, -0.15) is 0 Å². The van der Waals surface area contributed by atoms with Crippen LogP contribution >= 0.6 is 0 Å². The molecule has 0 radical (unpaired) electrons. The first kappa shape index (κ1) is 30.1. The molecule has 1 unspecified atom stereocenters. The van der Waals surface area contributed by atoms with E-state index in [0.717, 1.165) is 41.7 Å². The molecule has 2 rings (SSSR count). The highest BCUT2D eigenvalue weighted by atomic mass is 19.1. The third-order valence-corrected chi connectivity index (χ3v) is 6.83. The van der Waals surface area contributed by atoms with Gasteiger partial charge in [0.05, 0.1) is 0 Å². The summed E-state index contributed by atoms with van der Waals surface area (Å²) in [5.41, 5.74) is 9.28. The molecule has 1 N–H and O–H groups in total. The lowest BCUT2D eigenvalue weighted by atomic mass is 9.87. The molecule has 2 heteroatoms. The number of hydrogen-bond donors (Lipinski definition) is 1. The summed E-state index contributed by atoms with van der Waals surface area (Å²) in [5, 5.41) is 3.55. The van der Waals surface area contributed by atoms with Crippen LogP contribution in [0.25, 0.3) is 5.57 Å². The lowest BCUT2D eigenvalue weighted by Gasteiger charge is -2.20. The van der Waals surface area contributed by atoms with E-state index in [1.54, 1.807) is 12.1 Å². The van der Waals surface area contributed by atoms with E-state index < -0.39 is 0 Å². The van der Waals surface area contributed by atoms with Crippen LogP contribution < -0.4 is 5.32 Å². The van der Waals surface area contributed by atoms with Crippen LogP contribution in [0.3, 0.4) is 0 Å². The number of allylic oxidation sites excluding steroid dienone is 5. The molecule has 0 saturated carbocycles. The maximum Gasteiger partial charge on any atom is 0.123 e. The van der Waals surface area contributed by atoms with Gasteiger partial charge in [0.15, 0.2) is 0 Å². The number of nitrogens with one attached hydrogen (secondary N) is 1. The fourth-order valence-electron chi connectivity index (χ4n) is 4.65. The lowest BCUT2D eigenvalue weighted by molar-refractivity contribution is 0.627. The molecule has 0 aliphatic rings. The van der Waals surface area contributed by atoms with Gasteiger partial charge in [0.25, 0.3) is 0 Å². The largest absolute Gasteiger partial charge is 0.379 e. The van der Waals surface area contributed by atoms with E-state index in [-0.39, 0.29) is 11.9 Å². The fraction of sp³-hybridized carbons (Fsp3) is 0.371. The number of unbranched alkanes of at least 4 members (excludes halogenated alkanes) is 3. The molecule has 0 aliphatic carbocycles. The maximum absolute atomic E-state index is 13.8. The molecule has 37 heavy (non-hydrogen) atoms. The van der Waals surface area contributed by atoms with Crippen molar-refractivity contribution in [2.24, 2.45) is 0 Å². The Kier molecular flexibility index (Phi) is 12.9. The van der Waals surface area contributed by atoms with Crippen LogP contribution in [0, 0.1) is 5.82 Å². The molecule has 1 nitrogen and oxygen atoms in total. The second-order valence-corrected chi connectivity index (χ2v) is 9.85. The Morgan fingerprint density at radius 2 is 1.54 bits per heavy atom. The molecular formula is C35H46FN. The average Bonchev–Trinajstić information content (AvgIpc) is 2.90. The monoisotopic (exact) mass is 499 g/mol. The Balaban J connectivity index is 2.36. The van der Waals surface area contributed by atoms with E-state index in [4.69, 9.17) is 0 Å². The highest BCUT2D eigenvalue weighted by Crippen LogP contribution is 2.33. The van der Waals surface area contributed by atoms with E-state index in [9.17, 15) is 4.39 Å². The van der Waals surface area contributed by atoms with Crippen LogP contribution in [-0.2, 0) is 0 Å². The Bertz CT molecular complexity index is 1100. The van der Waals surface area contributed by atoms with Crippen molar-refractivity contribution in [1.29, 1.82) is 0 Å². The predicted molar refractivity (Wildman–Crippen MR) is 161 cm³/mol. The summed E-state index contributed by atoms with van der Waals surface area (Å²) in [6.07, 6.45) is 14.2. The molecule has 0 aromatic heterocycles. The summed E-state index contributed by atoms with van der Waals surface area (Å²) < 4.78 is 13.8. The molecule has 0 spiro atoms. The molecule has 0 amide bonds. The van der Waals surface area contributed by atoms with Crippen molar-refractivity contribution >= 4 is 5.57 Å². The predicted octanol–water partition coefficient (Wildman–Crippen LogP) is 10.6. The Hall–Kier alpha value is -3.13. The zero-order valence-corrected chi connectivity index (χ0v) is 23.7. The van der Waals surface area contributed by atoms with Gasteiger partial charge in [0, 0.05) is 11.7 Å². The van der Waals surface area contributed by atoms with Crippen molar-refractivity contribution in [3.05, 3.63) is 125 Å². The minimum Gasteiger partial charge on any atom is -0.379 e. The normalized spacial score (nSPS) is 13.7. The summed E-state index contributed by atoms with van der Waals surface area (Å²) in [6.45, 7) is 18.8. The minimum atomic E-state index is -0.197. The van der Waals surface area contributed by atoms with Gasteiger partial charge in [-0.15, -0.1) is 0 Å². The number of rotatable bonds is 15. The Labute approximate surface area is 225 Å². The van der Waals surface area contributed by atoms with Crippen molar-refractivity contribution in [2.75, 3.05) is 0 Å². The number of hydrogen-bond acceptors (Lipinski definition) is 1. The van der Waals surface area contributed by atoms with Crippen LogP contribution in [0.5, 0.6) is 0 Å². The van der Waals surface area contributed by atoms with Crippen LogP contribution in [-0.4, -0.2) is 0 Å². The Morgan fingerprint density at radius 3 is 2.08 bits per heavy atom. The summed E-state index contributed by atoms with van der Waals surface area (Å²) in [7, 11) is 0. The smallest absolute Gasteiger partial charge is 0.123 e. The zero-order valence-electron chi connectivity index (χ0n) is 23.7. The molecule has 0 saturated heterocycles. The van der Waals surface area contributed by atoms with Gasteiger partial charge >= 0.3 is 0 Å². The first-order chi connectivity index (χ1) is 17.8. The van der Waals surface area contributed by atoms with Gasteiger partial charge in [-0.3, -0.25) is 0 Å². The standard InChI is InChI=1S/C35H46FN/c1-8-12-13-14-16-31(15-9-2)35(33-21-23-34(36)24-22-33)32-19-17-30(18-20-32)28(7)37-27(6)29(11-4)25-26(5)10-3/h10-11,17-25,28,37H,3,6,8-9,12-16H2,1-2,4-5,7H3/b26-25-,29-11+,35-31-. The molecule has 0 fully saturated rings. The van der Waals surface area contributed by atoms with Crippen LogP contribution in [0.2, 0.25) is 0 Å². The van der Waals surface area contributed by atoms with Gasteiger partial charge in [-0.1, -0.05) is 118 Å². The van der Waals surface area contributed by atoms with Crippen molar-refractivity contribution in [1.82, 2.24) is 5.32 Å². The molecular weight excluding hydrogens is 453 g/mol. The van der Waals surface area contributed by atoms with E-state index in [2.05, 4.69) is 75.7 Å². The first-order valence-electron chi connectivity index (χ1n) is 13.9. The molecule has 2 aromatic carbocycles. The highest BCUT2D eigenvalue weighted by molar-refractivity contribution is 5.82. The van der Waals surface area contributed by atoms with Crippen LogP contribution in [0.15, 0.2) is 102 Å². The SMILES string of the molecule is C=C/C(C)=C\C(=C/C)C(=C)NC(C)c1ccc(/C(=C(\CCC)CCCCCC)c2ccc(F)cc2)cc1. The third kappa shape index (κ3) is 9.35. The van der Waals surface area contributed by atoms with E-state index in [0.29, 0.717) is 0 Å². The molecule has 198 valence electrons. The van der Waals surface area contributed by atoms with Crippen LogP contribution in [0.1, 0.15) is 102 Å². The molecule has 0 heterocycles. The maximum atomic E-state index is 13.8. The minimum absolute atomic E-state index is 0.108. The average molecular weight is 500 g/mol. The summed E-state index contributed by atoms with van der Waals surface area (Å²) >= 11 is 0. The highest BCUT2D eigenvalue weighted by Gasteiger charge is 2.14. The van der Waals surface area contributed by atoms with E-state index >= 15 is 0 Å². The summed E-state index contributed by atoms with van der Waals surface area (Å²) in [4.78, 5) is 0. The zero-order chi connectivity index (χ0) is 27.2. The van der Waals surface area contributed by atoms with Gasteiger partial charge in [-0.05, 0) is 80.0 Å². The molecule has 1 atom stereocenters. The summed E-state index contributed by atoms with van der Waals surface area (Å²) in [6, 6.07) is 15.9. The molecule has 0 aliphatic heterocycles.